The average molecular weight is 235 g/mol. The minimum atomic E-state index is -0.0949. The SMILES string of the molecule is O=C(NC1CC1)c1cn([C@@H]2CCCNC2)nn1. The molecule has 0 radical (unpaired) electrons. The zero-order valence-electron chi connectivity index (χ0n) is 9.72. The number of aromatic nitrogens is 3. The van der Waals surface area contributed by atoms with Crippen molar-refractivity contribution in [2.24, 2.45) is 0 Å². The lowest BCUT2D eigenvalue weighted by atomic mass is 10.1. The van der Waals surface area contributed by atoms with Crippen molar-refractivity contribution in [3.05, 3.63) is 11.9 Å². The first-order valence-electron chi connectivity index (χ1n) is 6.26. The van der Waals surface area contributed by atoms with E-state index in [-0.39, 0.29) is 5.91 Å². The van der Waals surface area contributed by atoms with Crippen LogP contribution in [0, 0.1) is 0 Å². The number of nitrogens with one attached hydrogen (secondary N) is 2. The van der Waals surface area contributed by atoms with Crippen LogP contribution in [0.1, 0.15) is 42.2 Å². The molecular weight excluding hydrogens is 218 g/mol. The molecule has 0 aromatic carbocycles. The fraction of sp³-hybridized carbons (Fsp3) is 0.727. The van der Waals surface area contributed by atoms with Gasteiger partial charge in [-0.3, -0.25) is 4.79 Å². The highest BCUT2D eigenvalue weighted by atomic mass is 16.2. The lowest BCUT2D eigenvalue weighted by molar-refractivity contribution is 0.0946. The molecule has 0 bridgehead atoms. The second kappa shape index (κ2) is 4.44. The van der Waals surface area contributed by atoms with Gasteiger partial charge in [-0.05, 0) is 32.2 Å². The zero-order chi connectivity index (χ0) is 11.7. The molecule has 1 atom stereocenters. The van der Waals surface area contributed by atoms with Crippen LogP contribution >= 0.6 is 0 Å². The summed E-state index contributed by atoms with van der Waals surface area (Å²) in [7, 11) is 0. The van der Waals surface area contributed by atoms with Gasteiger partial charge in [-0.15, -0.1) is 5.10 Å². The van der Waals surface area contributed by atoms with Crippen LogP contribution in [0.5, 0.6) is 0 Å². The van der Waals surface area contributed by atoms with Crippen LogP contribution < -0.4 is 10.6 Å². The van der Waals surface area contributed by atoms with Crippen molar-refractivity contribution in [2.75, 3.05) is 13.1 Å². The molecule has 1 aromatic heterocycles. The highest BCUT2D eigenvalue weighted by Gasteiger charge is 2.25. The molecule has 17 heavy (non-hydrogen) atoms. The van der Waals surface area contributed by atoms with Gasteiger partial charge < -0.3 is 10.6 Å². The maximum Gasteiger partial charge on any atom is 0.273 e. The third-order valence-electron chi connectivity index (χ3n) is 3.30. The number of rotatable bonds is 3. The smallest absolute Gasteiger partial charge is 0.273 e. The number of hydrogen-bond acceptors (Lipinski definition) is 4. The Hall–Kier alpha value is -1.43. The second-order valence-corrected chi connectivity index (χ2v) is 4.83. The highest BCUT2D eigenvalue weighted by molar-refractivity contribution is 5.92. The summed E-state index contributed by atoms with van der Waals surface area (Å²) >= 11 is 0. The molecule has 6 nitrogen and oxygen atoms in total. The molecule has 1 aliphatic carbocycles. The van der Waals surface area contributed by atoms with Gasteiger partial charge in [-0.1, -0.05) is 5.21 Å². The maximum atomic E-state index is 11.7. The molecular formula is C11H17N5O. The molecule has 1 saturated heterocycles. The number of hydrogen-bond donors (Lipinski definition) is 2. The van der Waals surface area contributed by atoms with Gasteiger partial charge in [0.05, 0.1) is 12.2 Å². The summed E-state index contributed by atoms with van der Waals surface area (Å²) in [5.74, 6) is -0.0949. The second-order valence-electron chi connectivity index (χ2n) is 4.83. The number of carbonyl (C=O) groups is 1. The molecule has 1 amide bonds. The van der Waals surface area contributed by atoms with Crippen LogP contribution in [0.2, 0.25) is 0 Å². The lowest BCUT2D eigenvalue weighted by Gasteiger charge is -2.22. The van der Waals surface area contributed by atoms with E-state index in [0.29, 0.717) is 17.8 Å². The Bertz CT molecular complexity index is 406. The lowest BCUT2D eigenvalue weighted by Crippen LogP contribution is -2.32. The summed E-state index contributed by atoms with van der Waals surface area (Å²) in [6, 6.07) is 0.697. The molecule has 0 spiro atoms. The van der Waals surface area contributed by atoms with Gasteiger partial charge in [0.2, 0.25) is 0 Å². The summed E-state index contributed by atoms with van der Waals surface area (Å²) in [6.07, 6.45) is 6.18. The molecule has 1 aromatic rings. The van der Waals surface area contributed by atoms with E-state index < -0.39 is 0 Å². The summed E-state index contributed by atoms with van der Waals surface area (Å²) in [4.78, 5) is 11.7. The van der Waals surface area contributed by atoms with Gasteiger partial charge in [0, 0.05) is 12.6 Å². The van der Waals surface area contributed by atoms with Crippen molar-refractivity contribution in [1.82, 2.24) is 25.6 Å². The Balaban J connectivity index is 1.65. The van der Waals surface area contributed by atoms with Crippen molar-refractivity contribution in [1.29, 1.82) is 0 Å². The maximum absolute atomic E-state index is 11.7. The molecule has 2 aliphatic rings. The van der Waals surface area contributed by atoms with Crippen LogP contribution in [-0.4, -0.2) is 40.0 Å². The van der Waals surface area contributed by atoms with E-state index in [2.05, 4.69) is 20.9 Å². The molecule has 2 heterocycles. The normalized spacial score (nSPS) is 24.6. The van der Waals surface area contributed by atoms with Gasteiger partial charge in [0.1, 0.15) is 0 Å². The molecule has 1 aliphatic heterocycles. The summed E-state index contributed by atoms with van der Waals surface area (Å²) in [5.41, 5.74) is 0.433. The number of nitrogens with zero attached hydrogens (tertiary/aromatic N) is 3. The minimum Gasteiger partial charge on any atom is -0.348 e. The Morgan fingerprint density at radius 3 is 3.06 bits per heavy atom. The van der Waals surface area contributed by atoms with E-state index in [1.807, 2.05) is 4.68 Å². The highest BCUT2D eigenvalue weighted by Crippen LogP contribution is 2.19. The average Bonchev–Trinajstić information content (AvgIpc) is 3.04. The van der Waals surface area contributed by atoms with Crippen molar-refractivity contribution < 1.29 is 4.79 Å². The Morgan fingerprint density at radius 2 is 2.35 bits per heavy atom. The predicted octanol–water partition coefficient (Wildman–Crippen LogP) is 0.0948. The van der Waals surface area contributed by atoms with Gasteiger partial charge in [-0.25, -0.2) is 4.68 Å². The third kappa shape index (κ3) is 2.46. The molecule has 2 N–H and O–H groups in total. The summed E-state index contributed by atoms with van der Waals surface area (Å²) in [6.45, 7) is 1.98. The topological polar surface area (TPSA) is 71.8 Å². The molecule has 0 unspecified atom stereocenters. The molecule has 6 heteroatoms. The third-order valence-corrected chi connectivity index (χ3v) is 3.30. The van der Waals surface area contributed by atoms with Crippen LogP contribution in [0.25, 0.3) is 0 Å². The number of piperidine rings is 1. The van der Waals surface area contributed by atoms with Gasteiger partial charge in [0.25, 0.3) is 5.91 Å². The number of carbonyl (C=O) groups excluding carboxylic acids is 1. The quantitative estimate of drug-likeness (QED) is 0.779. The van der Waals surface area contributed by atoms with Crippen molar-refractivity contribution in [2.45, 2.75) is 37.8 Å². The van der Waals surface area contributed by atoms with E-state index in [9.17, 15) is 4.79 Å². The first kappa shape index (κ1) is 10.7. The molecule has 2 fully saturated rings. The largest absolute Gasteiger partial charge is 0.348 e. The van der Waals surface area contributed by atoms with E-state index in [0.717, 1.165) is 38.8 Å². The van der Waals surface area contributed by atoms with Crippen LogP contribution in [0.15, 0.2) is 6.20 Å². The zero-order valence-corrected chi connectivity index (χ0v) is 9.72. The van der Waals surface area contributed by atoms with Crippen molar-refractivity contribution >= 4 is 5.91 Å². The van der Waals surface area contributed by atoms with Crippen LogP contribution in [-0.2, 0) is 0 Å². The van der Waals surface area contributed by atoms with Crippen LogP contribution in [0.3, 0.4) is 0 Å². The van der Waals surface area contributed by atoms with E-state index in [4.69, 9.17) is 0 Å². The van der Waals surface area contributed by atoms with Gasteiger partial charge in [-0.2, -0.15) is 0 Å². The Morgan fingerprint density at radius 1 is 1.47 bits per heavy atom. The summed E-state index contributed by atoms with van der Waals surface area (Å²) < 4.78 is 1.81. The summed E-state index contributed by atoms with van der Waals surface area (Å²) in [5, 5.41) is 14.2. The van der Waals surface area contributed by atoms with Crippen molar-refractivity contribution in [3.8, 4) is 0 Å². The van der Waals surface area contributed by atoms with Crippen LogP contribution in [0.4, 0.5) is 0 Å². The van der Waals surface area contributed by atoms with E-state index in [1.54, 1.807) is 6.20 Å². The molecule has 92 valence electrons. The predicted molar refractivity (Wildman–Crippen MR) is 61.7 cm³/mol. The number of amides is 1. The molecule has 3 rings (SSSR count). The fourth-order valence-electron chi connectivity index (χ4n) is 2.11. The first-order valence-corrected chi connectivity index (χ1v) is 6.26. The molecule has 1 saturated carbocycles. The van der Waals surface area contributed by atoms with Crippen molar-refractivity contribution in [3.63, 3.8) is 0 Å². The fourth-order valence-corrected chi connectivity index (χ4v) is 2.11. The Kier molecular flexibility index (Phi) is 2.80. The minimum absolute atomic E-state index is 0.0949. The monoisotopic (exact) mass is 235 g/mol. The van der Waals surface area contributed by atoms with E-state index >= 15 is 0 Å². The standard InChI is InChI=1S/C11H17N5O/c17-11(13-8-3-4-8)10-7-16(15-14-10)9-2-1-5-12-6-9/h7-9,12H,1-6H2,(H,13,17)/t9-/m1/s1. The Labute approximate surface area is 99.8 Å². The first-order chi connectivity index (χ1) is 8.33. The van der Waals surface area contributed by atoms with Gasteiger partial charge in [0.15, 0.2) is 5.69 Å². The van der Waals surface area contributed by atoms with Gasteiger partial charge >= 0.3 is 0 Å². The van der Waals surface area contributed by atoms with E-state index in [1.165, 1.54) is 0 Å².